The molecule has 19 heavy (non-hydrogen) atoms. The SMILES string of the molecule is CCOC(=O)C(C)(C)Nc1ccccc1OC(C)C. The van der Waals surface area contributed by atoms with Crippen LogP contribution in [-0.2, 0) is 9.53 Å². The predicted molar refractivity (Wildman–Crippen MR) is 76.5 cm³/mol. The van der Waals surface area contributed by atoms with Gasteiger partial charge in [0.25, 0.3) is 0 Å². The normalized spacial score (nSPS) is 11.3. The molecule has 0 heterocycles. The summed E-state index contributed by atoms with van der Waals surface area (Å²) < 4.78 is 10.8. The third-order valence-corrected chi connectivity index (χ3v) is 2.48. The molecule has 0 aliphatic heterocycles. The topological polar surface area (TPSA) is 47.6 Å². The minimum atomic E-state index is -0.799. The van der Waals surface area contributed by atoms with E-state index in [-0.39, 0.29) is 12.1 Å². The van der Waals surface area contributed by atoms with Crippen LogP contribution in [0, 0.1) is 0 Å². The molecule has 0 saturated carbocycles. The van der Waals surface area contributed by atoms with E-state index in [2.05, 4.69) is 5.32 Å². The van der Waals surface area contributed by atoms with Crippen LogP contribution in [0.3, 0.4) is 0 Å². The fourth-order valence-electron chi connectivity index (χ4n) is 1.63. The molecule has 0 spiro atoms. The molecule has 0 saturated heterocycles. The Morgan fingerprint density at radius 1 is 1.32 bits per heavy atom. The molecule has 0 unspecified atom stereocenters. The second kappa shape index (κ2) is 6.45. The van der Waals surface area contributed by atoms with Crippen molar-refractivity contribution in [2.24, 2.45) is 0 Å². The van der Waals surface area contributed by atoms with E-state index in [4.69, 9.17) is 9.47 Å². The Morgan fingerprint density at radius 2 is 1.95 bits per heavy atom. The summed E-state index contributed by atoms with van der Waals surface area (Å²) in [5.74, 6) is 0.448. The molecule has 4 nitrogen and oxygen atoms in total. The van der Waals surface area contributed by atoms with Crippen molar-refractivity contribution in [2.75, 3.05) is 11.9 Å². The van der Waals surface area contributed by atoms with Crippen molar-refractivity contribution in [2.45, 2.75) is 46.3 Å². The zero-order valence-electron chi connectivity index (χ0n) is 12.3. The first-order valence-electron chi connectivity index (χ1n) is 6.58. The highest BCUT2D eigenvalue weighted by Gasteiger charge is 2.29. The molecule has 0 amide bonds. The van der Waals surface area contributed by atoms with Gasteiger partial charge in [0.1, 0.15) is 11.3 Å². The van der Waals surface area contributed by atoms with E-state index in [0.717, 1.165) is 11.4 Å². The van der Waals surface area contributed by atoms with Crippen LogP contribution in [0.5, 0.6) is 5.75 Å². The molecule has 0 aliphatic rings. The first-order chi connectivity index (χ1) is 8.86. The number of carbonyl (C=O) groups is 1. The Hall–Kier alpha value is -1.71. The maximum atomic E-state index is 11.9. The van der Waals surface area contributed by atoms with E-state index in [1.165, 1.54) is 0 Å². The second-order valence-corrected chi connectivity index (χ2v) is 5.13. The van der Waals surface area contributed by atoms with Crippen molar-refractivity contribution < 1.29 is 14.3 Å². The number of esters is 1. The molecule has 0 aromatic heterocycles. The number of para-hydroxylation sites is 2. The molecule has 1 aromatic carbocycles. The zero-order valence-corrected chi connectivity index (χ0v) is 12.3. The third-order valence-electron chi connectivity index (χ3n) is 2.48. The van der Waals surface area contributed by atoms with Crippen LogP contribution in [0.2, 0.25) is 0 Å². The molecule has 0 radical (unpaired) electrons. The number of ether oxygens (including phenoxy) is 2. The van der Waals surface area contributed by atoms with E-state index in [0.29, 0.717) is 6.61 Å². The molecular formula is C15H23NO3. The lowest BCUT2D eigenvalue weighted by Gasteiger charge is -2.26. The molecule has 1 aromatic rings. The number of hydrogen-bond acceptors (Lipinski definition) is 4. The van der Waals surface area contributed by atoms with Crippen LogP contribution in [-0.4, -0.2) is 24.2 Å². The zero-order chi connectivity index (χ0) is 14.5. The maximum Gasteiger partial charge on any atom is 0.331 e. The van der Waals surface area contributed by atoms with Crippen LogP contribution in [0.4, 0.5) is 5.69 Å². The Morgan fingerprint density at radius 3 is 2.53 bits per heavy atom. The number of benzene rings is 1. The van der Waals surface area contributed by atoms with Crippen molar-refractivity contribution >= 4 is 11.7 Å². The van der Waals surface area contributed by atoms with Crippen LogP contribution >= 0.6 is 0 Å². The highest BCUT2D eigenvalue weighted by atomic mass is 16.5. The van der Waals surface area contributed by atoms with Gasteiger partial charge >= 0.3 is 5.97 Å². The highest BCUT2D eigenvalue weighted by Crippen LogP contribution is 2.28. The Kier molecular flexibility index (Phi) is 5.21. The van der Waals surface area contributed by atoms with Gasteiger partial charge < -0.3 is 14.8 Å². The van der Waals surface area contributed by atoms with E-state index >= 15 is 0 Å². The lowest BCUT2D eigenvalue weighted by Crippen LogP contribution is -2.41. The number of hydrogen-bond donors (Lipinski definition) is 1. The summed E-state index contributed by atoms with van der Waals surface area (Å²) in [6.07, 6.45) is 0.0775. The number of carbonyl (C=O) groups excluding carboxylic acids is 1. The second-order valence-electron chi connectivity index (χ2n) is 5.13. The maximum absolute atomic E-state index is 11.9. The average molecular weight is 265 g/mol. The van der Waals surface area contributed by atoms with Gasteiger partial charge in [0, 0.05) is 0 Å². The number of anilines is 1. The van der Waals surface area contributed by atoms with Crippen molar-refractivity contribution in [1.82, 2.24) is 0 Å². The summed E-state index contributed by atoms with van der Waals surface area (Å²) in [7, 11) is 0. The summed E-state index contributed by atoms with van der Waals surface area (Å²) in [6.45, 7) is 9.67. The molecule has 0 atom stereocenters. The van der Waals surface area contributed by atoms with Crippen LogP contribution in [0.25, 0.3) is 0 Å². The van der Waals surface area contributed by atoms with E-state index < -0.39 is 5.54 Å². The first kappa shape index (κ1) is 15.3. The molecule has 1 N–H and O–H groups in total. The first-order valence-corrected chi connectivity index (χ1v) is 6.58. The average Bonchev–Trinajstić information content (AvgIpc) is 2.31. The van der Waals surface area contributed by atoms with Gasteiger partial charge in [-0.25, -0.2) is 4.79 Å². The summed E-state index contributed by atoms with van der Waals surface area (Å²) in [5, 5.41) is 3.18. The predicted octanol–water partition coefficient (Wildman–Crippen LogP) is 3.23. The smallest absolute Gasteiger partial charge is 0.331 e. The Labute approximate surface area is 115 Å². The largest absolute Gasteiger partial charge is 0.489 e. The minimum Gasteiger partial charge on any atom is -0.489 e. The van der Waals surface area contributed by atoms with Crippen LogP contribution in [0.1, 0.15) is 34.6 Å². The molecule has 0 aliphatic carbocycles. The molecule has 1 rings (SSSR count). The molecule has 106 valence electrons. The van der Waals surface area contributed by atoms with Gasteiger partial charge in [0.05, 0.1) is 18.4 Å². The molecule has 0 fully saturated rings. The van der Waals surface area contributed by atoms with Crippen LogP contribution in [0.15, 0.2) is 24.3 Å². The number of nitrogens with one attached hydrogen (secondary N) is 1. The quantitative estimate of drug-likeness (QED) is 0.802. The van der Waals surface area contributed by atoms with Gasteiger partial charge in [-0.15, -0.1) is 0 Å². The van der Waals surface area contributed by atoms with E-state index in [9.17, 15) is 4.79 Å². The third kappa shape index (κ3) is 4.47. The number of rotatable bonds is 6. The van der Waals surface area contributed by atoms with Gasteiger partial charge in [-0.2, -0.15) is 0 Å². The lowest BCUT2D eigenvalue weighted by atomic mass is 10.1. The van der Waals surface area contributed by atoms with Gasteiger partial charge in [-0.1, -0.05) is 12.1 Å². The van der Waals surface area contributed by atoms with Crippen molar-refractivity contribution in [3.63, 3.8) is 0 Å². The Balaban J connectivity index is 2.89. The van der Waals surface area contributed by atoms with Crippen LogP contribution < -0.4 is 10.1 Å². The van der Waals surface area contributed by atoms with Crippen molar-refractivity contribution in [3.05, 3.63) is 24.3 Å². The molecule has 0 bridgehead atoms. The van der Waals surface area contributed by atoms with Gasteiger partial charge in [0.2, 0.25) is 0 Å². The summed E-state index contributed by atoms with van der Waals surface area (Å²) in [6, 6.07) is 7.57. The fraction of sp³-hybridized carbons (Fsp3) is 0.533. The minimum absolute atomic E-state index is 0.0775. The standard InChI is InChI=1S/C15H23NO3/c1-6-18-14(17)15(4,5)16-12-9-7-8-10-13(12)19-11(2)3/h7-11,16H,6H2,1-5H3. The van der Waals surface area contributed by atoms with Crippen molar-refractivity contribution in [3.8, 4) is 5.75 Å². The van der Waals surface area contributed by atoms with E-state index in [1.54, 1.807) is 20.8 Å². The monoisotopic (exact) mass is 265 g/mol. The molecular weight excluding hydrogens is 242 g/mol. The lowest BCUT2D eigenvalue weighted by molar-refractivity contribution is -0.147. The van der Waals surface area contributed by atoms with Gasteiger partial charge in [-0.3, -0.25) is 0 Å². The van der Waals surface area contributed by atoms with E-state index in [1.807, 2.05) is 38.1 Å². The fourth-order valence-corrected chi connectivity index (χ4v) is 1.63. The summed E-state index contributed by atoms with van der Waals surface area (Å²) in [4.78, 5) is 11.9. The molecule has 4 heteroatoms. The van der Waals surface area contributed by atoms with Gasteiger partial charge in [-0.05, 0) is 46.8 Å². The Bertz CT molecular complexity index is 427. The highest BCUT2D eigenvalue weighted by molar-refractivity contribution is 5.84. The van der Waals surface area contributed by atoms with Gasteiger partial charge in [0.15, 0.2) is 0 Å². The van der Waals surface area contributed by atoms with Crippen molar-refractivity contribution in [1.29, 1.82) is 0 Å². The summed E-state index contributed by atoms with van der Waals surface area (Å²) >= 11 is 0. The summed E-state index contributed by atoms with van der Waals surface area (Å²) in [5.41, 5.74) is -0.0128.